The maximum Gasteiger partial charge on any atom is 0.146 e. The van der Waals surface area contributed by atoms with E-state index in [1.165, 1.54) is 22.3 Å². The minimum atomic E-state index is -0.632. The molecule has 2 aromatic rings. The lowest BCUT2D eigenvalue weighted by Crippen LogP contribution is -2.13. The summed E-state index contributed by atoms with van der Waals surface area (Å²) in [5, 5.41) is 10.4. The largest absolute Gasteiger partial charge is 0.465 e. The Balaban J connectivity index is 2.31. The van der Waals surface area contributed by atoms with Gasteiger partial charge in [-0.2, -0.15) is 0 Å². The zero-order valence-electron chi connectivity index (χ0n) is 13.3. The van der Waals surface area contributed by atoms with E-state index in [0.717, 1.165) is 4.47 Å². The third kappa shape index (κ3) is 3.58. The number of aliphatic hydroxyl groups is 1. The van der Waals surface area contributed by atoms with Crippen LogP contribution in [0.5, 0.6) is 0 Å². The number of furan rings is 1. The molecule has 1 heterocycles. The molecule has 1 aromatic carbocycles. The number of aryl methyl sites for hydroxylation is 2. The highest BCUT2D eigenvalue weighted by Gasteiger charge is 2.20. The average Bonchev–Trinajstić information content (AvgIpc) is 2.78. The molecule has 1 unspecified atom stereocenters. The maximum absolute atomic E-state index is 10.4. The number of hydrogen-bond donors (Lipinski definition) is 1. The predicted octanol–water partition coefficient (Wildman–Crippen LogP) is 5.23. The van der Waals surface area contributed by atoms with Gasteiger partial charge >= 0.3 is 0 Å². The van der Waals surface area contributed by atoms with E-state index >= 15 is 0 Å². The Kier molecular flexibility index (Phi) is 4.64. The summed E-state index contributed by atoms with van der Waals surface area (Å²) in [6.45, 7) is 10.9. The molecule has 0 aliphatic heterocycles. The Labute approximate surface area is 135 Å². The summed E-state index contributed by atoms with van der Waals surface area (Å²) in [5.41, 5.74) is 5.11. The van der Waals surface area contributed by atoms with Gasteiger partial charge in [-0.25, -0.2) is 0 Å². The van der Waals surface area contributed by atoms with Gasteiger partial charge in [-0.15, -0.1) is 0 Å². The minimum Gasteiger partial charge on any atom is -0.465 e. The van der Waals surface area contributed by atoms with Gasteiger partial charge in [-0.05, 0) is 63.5 Å². The van der Waals surface area contributed by atoms with Crippen molar-refractivity contribution in [1.82, 2.24) is 0 Å². The molecule has 1 aromatic heterocycles. The molecule has 0 bridgehead atoms. The van der Waals surface area contributed by atoms with Crippen molar-refractivity contribution in [3.8, 4) is 0 Å². The molecule has 114 valence electrons. The number of halogens is 1. The van der Waals surface area contributed by atoms with Crippen molar-refractivity contribution in [2.75, 3.05) is 0 Å². The molecule has 1 N–H and O–H groups in total. The van der Waals surface area contributed by atoms with E-state index in [1.54, 1.807) is 12.3 Å². The van der Waals surface area contributed by atoms with Crippen LogP contribution in [0.2, 0.25) is 0 Å². The molecular weight excluding hydrogens is 328 g/mol. The highest BCUT2D eigenvalue weighted by Crippen LogP contribution is 2.31. The first-order chi connectivity index (χ1) is 9.70. The van der Waals surface area contributed by atoms with Crippen LogP contribution in [0.4, 0.5) is 0 Å². The van der Waals surface area contributed by atoms with Crippen LogP contribution >= 0.6 is 15.9 Å². The van der Waals surface area contributed by atoms with E-state index < -0.39 is 6.10 Å². The fourth-order valence-corrected chi connectivity index (χ4v) is 3.04. The summed E-state index contributed by atoms with van der Waals surface area (Å²) in [4.78, 5) is 0. The first-order valence-electron chi connectivity index (χ1n) is 7.21. The quantitative estimate of drug-likeness (QED) is 0.821. The Bertz CT molecular complexity index is 612. The van der Waals surface area contributed by atoms with Gasteiger partial charge in [-0.3, -0.25) is 0 Å². The van der Waals surface area contributed by atoms with Crippen LogP contribution in [0.25, 0.3) is 0 Å². The Hall–Kier alpha value is -1.06. The third-order valence-corrected chi connectivity index (χ3v) is 4.56. The van der Waals surface area contributed by atoms with E-state index in [0.29, 0.717) is 12.2 Å². The predicted molar refractivity (Wildman–Crippen MR) is 89.7 cm³/mol. The van der Waals surface area contributed by atoms with Gasteiger partial charge in [0.15, 0.2) is 0 Å². The Morgan fingerprint density at radius 2 is 1.76 bits per heavy atom. The summed E-state index contributed by atoms with van der Waals surface area (Å²) >= 11 is 3.40. The molecule has 0 aliphatic carbocycles. The lowest BCUT2D eigenvalue weighted by atomic mass is 9.83. The fraction of sp³-hybridized carbons (Fsp3) is 0.444. The highest BCUT2D eigenvalue weighted by molar-refractivity contribution is 9.10. The van der Waals surface area contributed by atoms with Crippen molar-refractivity contribution in [1.29, 1.82) is 0 Å². The molecule has 0 fully saturated rings. The number of rotatable bonds is 3. The molecule has 0 amide bonds. The van der Waals surface area contributed by atoms with E-state index in [1.807, 2.05) is 0 Å². The van der Waals surface area contributed by atoms with Crippen LogP contribution in [-0.2, 0) is 11.8 Å². The topological polar surface area (TPSA) is 33.4 Å². The van der Waals surface area contributed by atoms with E-state index in [-0.39, 0.29) is 5.41 Å². The summed E-state index contributed by atoms with van der Waals surface area (Å²) in [6, 6.07) is 6.26. The van der Waals surface area contributed by atoms with Crippen LogP contribution in [0, 0.1) is 13.8 Å². The summed E-state index contributed by atoms with van der Waals surface area (Å²) in [5.74, 6) is 0.591. The summed E-state index contributed by atoms with van der Waals surface area (Å²) < 4.78 is 6.18. The van der Waals surface area contributed by atoms with E-state index in [4.69, 9.17) is 4.42 Å². The van der Waals surface area contributed by atoms with Gasteiger partial charge in [0.05, 0.1) is 10.7 Å². The van der Waals surface area contributed by atoms with E-state index in [9.17, 15) is 5.11 Å². The Morgan fingerprint density at radius 1 is 1.19 bits per heavy atom. The molecule has 0 spiro atoms. The maximum atomic E-state index is 10.4. The van der Waals surface area contributed by atoms with E-state index in [2.05, 4.69) is 62.7 Å². The average molecular weight is 351 g/mol. The number of benzene rings is 1. The second-order valence-corrected chi connectivity index (χ2v) is 7.55. The van der Waals surface area contributed by atoms with Crippen molar-refractivity contribution in [2.24, 2.45) is 0 Å². The molecular formula is C18H23BrO2. The minimum absolute atomic E-state index is 0.136. The van der Waals surface area contributed by atoms with Gasteiger partial charge in [0.2, 0.25) is 0 Å². The smallest absolute Gasteiger partial charge is 0.146 e. The SMILES string of the molecule is Cc1cc(C(C)(C)C)cc(C)c1CC(O)c1occc1Br. The molecule has 0 saturated carbocycles. The normalized spacial score (nSPS) is 13.5. The van der Waals surface area contributed by atoms with Crippen LogP contribution in [0.1, 0.15) is 54.9 Å². The highest BCUT2D eigenvalue weighted by atomic mass is 79.9. The van der Waals surface area contributed by atoms with Gasteiger partial charge in [0, 0.05) is 6.42 Å². The first kappa shape index (κ1) is 16.3. The first-order valence-corrected chi connectivity index (χ1v) is 8.01. The van der Waals surface area contributed by atoms with Crippen LogP contribution in [0.3, 0.4) is 0 Å². The van der Waals surface area contributed by atoms with Crippen molar-refractivity contribution in [3.05, 3.63) is 56.9 Å². The lowest BCUT2D eigenvalue weighted by molar-refractivity contribution is 0.149. The van der Waals surface area contributed by atoms with Crippen LogP contribution in [-0.4, -0.2) is 5.11 Å². The summed E-state index contributed by atoms with van der Waals surface area (Å²) in [6.07, 6.45) is 1.52. The second kappa shape index (κ2) is 5.98. The number of hydrogen-bond acceptors (Lipinski definition) is 2. The zero-order chi connectivity index (χ0) is 15.8. The van der Waals surface area contributed by atoms with Gasteiger partial charge in [0.1, 0.15) is 11.9 Å². The second-order valence-electron chi connectivity index (χ2n) is 6.69. The van der Waals surface area contributed by atoms with Crippen molar-refractivity contribution < 1.29 is 9.52 Å². The van der Waals surface area contributed by atoms with Gasteiger partial charge in [0.25, 0.3) is 0 Å². The number of aliphatic hydroxyl groups excluding tert-OH is 1. The standard InChI is InChI=1S/C18H23BrO2/c1-11-8-13(18(3,4)5)9-12(2)14(11)10-16(20)17-15(19)6-7-21-17/h6-9,16,20H,10H2,1-5H3. The summed E-state index contributed by atoms with van der Waals surface area (Å²) in [7, 11) is 0. The van der Waals surface area contributed by atoms with Crippen LogP contribution in [0.15, 0.2) is 33.4 Å². The molecule has 3 heteroatoms. The van der Waals surface area contributed by atoms with Gasteiger partial charge in [-0.1, -0.05) is 32.9 Å². The molecule has 0 radical (unpaired) electrons. The molecule has 0 aliphatic rings. The van der Waals surface area contributed by atoms with Crippen molar-refractivity contribution in [3.63, 3.8) is 0 Å². The molecule has 0 saturated heterocycles. The van der Waals surface area contributed by atoms with Gasteiger partial charge < -0.3 is 9.52 Å². The Morgan fingerprint density at radius 3 is 2.19 bits per heavy atom. The zero-order valence-corrected chi connectivity index (χ0v) is 14.9. The van der Waals surface area contributed by atoms with Crippen LogP contribution < -0.4 is 0 Å². The third-order valence-electron chi connectivity index (χ3n) is 3.91. The lowest BCUT2D eigenvalue weighted by Gasteiger charge is -2.23. The molecule has 2 rings (SSSR count). The van der Waals surface area contributed by atoms with Crippen molar-refractivity contribution in [2.45, 2.75) is 52.6 Å². The molecule has 21 heavy (non-hydrogen) atoms. The van der Waals surface area contributed by atoms with Crippen molar-refractivity contribution >= 4 is 15.9 Å². The molecule has 2 nitrogen and oxygen atoms in total. The fourth-order valence-electron chi connectivity index (χ4n) is 2.58. The monoisotopic (exact) mass is 350 g/mol. The molecule has 1 atom stereocenters.